The van der Waals surface area contributed by atoms with Gasteiger partial charge in [-0.2, -0.15) is 0 Å². The molecule has 5 nitrogen and oxygen atoms in total. The molecule has 3 rings (SSSR count). The highest BCUT2D eigenvalue weighted by molar-refractivity contribution is 5.94. The van der Waals surface area contributed by atoms with Crippen molar-refractivity contribution in [2.75, 3.05) is 24.6 Å². The number of aliphatic hydroxyl groups excluding tert-OH is 1. The minimum Gasteiger partial charge on any atom is -0.394 e. The highest BCUT2D eigenvalue weighted by atomic mass is 16.3. The lowest BCUT2D eigenvalue weighted by Gasteiger charge is -2.28. The molecule has 5 heteroatoms. The normalized spacial score (nSPS) is 21.0. The predicted molar refractivity (Wildman–Crippen MR) is 90.7 cm³/mol. The summed E-state index contributed by atoms with van der Waals surface area (Å²) in [5.74, 6) is 0.831. The van der Waals surface area contributed by atoms with Crippen molar-refractivity contribution in [3.8, 4) is 0 Å². The molecular formula is C18H27N3O2. The smallest absolute Gasteiger partial charge is 0.253 e. The van der Waals surface area contributed by atoms with E-state index in [1.807, 2.05) is 12.1 Å². The predicted octanol–water partition coefficient (Wildman–Crippen LogP) is 2.50. The molecule has 0 unspecified atom stereocenters. The standard InChI is InChI=1S/C18H27N3O2/c22-14-18(9-3-4-10-18)20-17(23)15-7-8-16(19-13-15)21-11-5-1-2-6-12-21/h7-8,13,22H,1-6,9-12,14H2,(H,20,23). The van der Waals surface area contributed by atoms with Crippen LogP contribution in [0.25, 0.3) is 0 Å². The van der Waals surface area contributed by atoms with Crippen LogP contribution in [0, 0.1) is 0 Å². The maximum atomic E-state index is 12.4. The van der Waals surface area contributed by atoms with Gasteiger partial charge in [0.25, 0.3) is 5.91 Å². The molecule has 0 aromatic carbocycles. The monoisotopic (exact) mass is 317 g/mol. The van der Waals surface area contributed by atoms with Gasteiger partial charge in [-0.25, -0.2) is 4.98 Å². The van der Waals surface area contributed by atoms with Crippen LogP contribution in [0.4, 0.5) is 5.82 Å². The Morgan fingerprint density at radius 2 is 1.83 bits per heavy atom. The molecule has 2 heterocycles. The first-order valence-electron chi connectivity index (χ1n) is 8.87. The van der Waals surface area contributed by atoms with Crippen LogP contribution in [-0.2, 0) is 0 Å². The average molecular weight is 317 g/mol. The van der Waals surface area contributed by atoms with Crippen LogP contribution in [0.2, 0.25) is 0 Å². The Bertz CT molecular complexity index is 516. The van der Waals surface area contributed by atoms with Crippen LogP contribution in [-0.4, -0.2) is 41.2 Å². The third-order valence-corrected chi connectivity index (χ3v) is 5.18. The highest BCUT2D eigenvalue weighted by Gasteiger charge is 2.34. The van der Waals surface area contributed by atoms with Gasteiger partial charge in [-0.3, -0.25) is 4.79 Å². The van der Waals surface area contributed by atoms with Crippen LogP contribution in [0.1, 0.15) is 61.7 Å². The lowest BCUT2D eigenvalue weighted by molar-refractivity contribution is 0.0838. The Morgan fingerprint density at radius 1 is 1.13 bits per heavy atom. The second-order valence-corrected chi connectivity index (χ2v) is 6.91. The molecule has 126 valence electrons. The van der Waals surface area contributed by atoms with Crippen molar-refractivity contribution in [3.63, 3.8) is 0 Å². The maximum absolute atomic E-state index is 12.4. The molecule has 1 amide bonds. The Hall–Kier alpha value is -1.62. The zero-order valence-electron chi connectivity index (χ0n) is 13.8. The summed E-state index contributed by atoms with van der Waals surface area (Å²) in [6, 6.07) is 3.79. The van der Waals surface area contributed by atoms with Crippen molar-refractivity contribution in [2.24, 2.45) is 0 Å². The molecule has 1 saturated heterocycles. The number of hydrogen-bond donors (Lipinski definition) is 2. The molecule has 1 aliphatic heterocycles. The van der Waals surface area contributed by atoms with Gasteiger partial charge in [-0.15, -0.1) is 0 Å². The highest BCUT2D eigenvalue weighted by Crippen LogP contribution is 2.29. The van der Waals surface area contributed by atoms with Crippen LogP contribution in [0.5, 0.6) is 0 Å². The zero-order valence-corrected chi connectivity index (χ0v) is 13.8. The van der Waals surface area contributed by atoms with Crippen molar-refractivity contribution in [1.82, 2.24) is 10.3 Å². The molecule has 0 bridgehead atoms. The number of amides is 1. The lowest BCUT2D eigenvalue weighted by Crippen LogP contribution is -2.49. The van der Waals surface area contributed by atoms with E-state index in [4.69, 9.17) is 0 Å². The van der Waals surface area contributed by atoms with Gasteiger partial charge in [-0.05, 0) is 37.8 Å². The molecule has 0 atom stereocenters. The van der Waals surface area contributed by atoms with Crippen molar-refractivity contribution < 1.29 is 9.90 Å². The summed E-state index contributed by atoms with van der Waals surface area (Å²) < 4.78 is 0. The number of aliphatic hydroxyl groups is 1. The Balaban J connectivity index is 1.65. The largest absolute Gasteiger partial charge is 0.394 e. The summed E-state index contributed by atoms with van der Waals surface area (Å²) in [5.41, 5.74) is 0.142. The molecule has 2 N–H and O–H groups in total. The first-order valence-corrected chi connectivity index (χ1v) is 8.87. The van der Waals surface area contributed by atoms with E-state index in [0.29, 0.717) is 5.56 Å². The molecule has 2 aliphatic rings. The van der Waals surface area contributed by atoms with Crippen LogP contribution < -0.4 is 10.2 Å². The SMILES string of the molecule is O=C(NC1(CO)CCCC1)c1ccc(N2CCCCCC2)nc1. The minimum atomic E-state index is -0.430. The Labute approximate surface area is 138 Å². The van der Waals surface area contributed by atoms with Gasteiger partial charge >= 0.3 is 0 Å². The molecule has 1 aromatic rings. The zero-order chi connectivity index (χ0) is 16.1. The summed E-state index contributed by atoms with van der Waals surface area (Å²) in [7, 11) is 0. The average Bonchev–Trinajstić information content (AvgIpc) is 2.88. The van der Waals surface area contributed by atoms with Gasteiger partial charge in [0.15, 0.2) is 0 Å². The van der Waals surface area contributed by atoms with E-state index in [1.54, 1.807) is 6.20 Å². The maximum Gasteiger partial charge on any atom is 0.253 e. The third-order valence-electron chi connectivity index (χ3n) is 5.18. The summed E-state index contributed by atoms with van der Waals surface area (Å²) >= 11 is 0. The number of aromatic nitrogens is 1. The number of nitrogens with zero attached hydrogens (tertiary/aromatic N) is 2. The van der Waals surface area contributed by atoms with Crippen molar-refractivity contribution in [1.29, 1.82) is 0 Å². The van der Waals surface area contributed by atoms with E-state index in [0.717, 1.165) is 44.6 Å². The van der Waals surface area contributed by atoms with Crippen molar-refractivity contribution >= 4 is 11.7 Å². The van der Waals surface area contributed by atoms with Gasteiger partial charge in [0.1, 0.15) is 5.82 Å². The first-order chi connectivity index (χ1) is 11.2. The number of carbonyl (C=O) groups is 1. The second-order valence-electron chi connectivity index (χ2n) is 6.91. The molecule has 1 aromatic heterocycles. The number of nitrogens with one attached hydrogen (secondary N) is 1. The Morgan fingerprint density at radius 3 is 2.39 bits per heavy atom. The molecule has 1 aliphatic carbocycles. The molecule has 2 fully saturated rings. The van der Waals surface area contributed by atoms with Crippen LogP contribution in [0.15, 0.2) is 18.3 Å². The van der Waals surface area contributed by atoms with E-state index in [2.05, 4.69) is 15.2 Å². The Kier molecular flexibility index (Phi) is 5.16. The van der Waals surface area contributed by atoms with E-state index >= 15 is 0 Å². The number of carbonyl (C=O) groups excluding carboxylic acids is 1. The quantitative estimate of drug-likeness (QED) is 0.895. The van der Waals surface area contributed by atoms with Gasteiger partial charge in [0, 0.05) is 19.3 Å². The van der Waals surface area contributed by atoms with Crippen molar-refractivity contribution in [2.45, 2.75) is 56.9 Å². The number of hydrogen-bond acceptors (Lipinski definition) is 4. The number of rotatable bonds is 4. The summed E-state index contributed by atoms with van der Waals surface area (Å²) in [5, 5.41) is 12.6. The van der Waals surface area contributed by atoms with Gasteiger partial charge in [-0.1, -0.05) is 25.7 Å². The fourth-order valence-corrected chi connectivity index (χ4v) is 3.69. The van der Waals surface area contributed by atoms with Gasteiger partial charge < -0.3 is 15.3 Å². The number of anilines is 1. The molecular weight excluding hydrogens is 290 g/mol. The fourth-order valence-electron chi connectivity index (χ4n) is 3.69. The molecule has 1 saturated carbocycles. The van der Waals surface area contributed by atoms with Gasteiger partial charge in [0.05, 0.1) is 17.7 Å². The molecule has 0 spiro atoms. The topological polar surface area (TPSA) is 65.5 Å². The molecule has 0 radical (unpaired) electrons. The minimum absolute atomic E-state index is 0.0119. The molecule has 23 heavy (non-hydrogen) atoms. The summed E-state index contributed by atoms with van der Waals surface area (Å²) in [4.78, 5) is 19.2. The van der Waals surface area contributed by atoms with E-state index in [1.165, 1.54) is 25.7 Å². The fraction of sp³-hybridized carbons (Fsp3) is 0.667. The number of pyridine rings is 1. The first kappa shape index (κ1) is 16.2. The summed E-state index contributed by atoms with van der Waals surface area (Å²) in [6.07, 6.45) is 10.5. The van der Waals surface area contributed by atoms with Crippen LogP contribution >= 0.6 is 0 Å². The van der Waals surface area contributed by atoms with Crippen molar-refractivity contribution in [3.05, 3.63) is 23.9 Å². The van der Waals surface area contributed by atoms with Crippen LogP contribution in [0.3, 0.4) is 0 Å². The van der Waals surface area contributed by atoms with E-state index in [9.17, 15) is 9.90 Å². The third kappa shape index (κ3) is 3.83. The van der Waals surface area contributed by atoms with E-state index < -0.39 is 5.54 Å². The van der Waals surface area contributed by atoms with Gasteiger partial charge in [0.2, 0.25) is 0 Å². The summed E-state index contributed by atoms with van der Waals surface area (Å²) in [6.45, 7) is 2.11. The second kappa shape index (κ2) is 7.30. The van der Waals surface area contributed by atoms with E-state index in [-0.39, 0.29) is 12.5 Å². The lowest BCUT2D eigenvalue weighted by atomic mass is 9.98.